The van der Waals surface area contributed by atoms with Crippen molar-refractivity contribution in [2.75, 3.05) is 6.54 Å². The van der Waals surface area contributed by atoms with Gasteiger partial charge in [-0.3, -0.25) is 4.79 Å². The van der Waals surface area contributed by atoms with Crippen molar-refractivity contribution in [3.05, 3.63) is 82.7 Å². The Kier molecular flexibility index (Phi) is 4.98. The fourth-order valence-electron chi connectivity index (χ4n) is 2.99. The maximum Gasteiger partial charge on any atom is 0.254 e. The predicted molar refractivity (Wildman–Crippen MR) is 100 cm³/mol. The van der Waals surface area contributed by atoms with Crippen molar-refractivity contribution in [1.82, 2.24) is 15.1 Å². The molecule has 3 rings (SSSR count). The second kappa shape index (κ2) is 7.34. The number of rotatable bonds is 5. The third-order valence-electron chi connectivity index (χ3n) is 4.43. The summed E-state index contributed by atoms with van der Waals surface area (Å²) in [6, 6.07) is 16.2. The molecule has 0 bridgehead atoms. The van der Waals surface area contributed by atoms with E-state index in [1.54, 1.807) is 10.9 Å². The summed E-state index contributed by atoms with van der Waals surface area (Å²) in [6.07, 6.45) is 2.46. The minimum Gasteiger partial charge on any atom is -0.352 e. The van der Waals surface area contributed by atoms with Gasteiger partial charge in [0.25, 0.3) is 5.91 Å². The smallest absolute Gasteiger partial charge is 0.254 e. The van der Waals surface area contributed by atoms with Gasteiger partial charge in [0.2, 0.25) is 0 Å². The quantitative estimate of drug-likeness (QED) is 0.772. The second-order valence-electron chi connectivity index (χ2n) is 6.33. The van der Waals surface area contributed by atoms with Crippen LogP contribution in [0.1, 0.15) is 32.7 Å². The number of para-hydroxylation sites is 1. The molecule has 0 radical (unpaired) electrons. The van der Waals surface area contributed by atoms with Gasteiger partial charge in [0.05, 0.1) is 23.1 Å². The Labute approximate surface area is 148 Å². The summed E-state index contributed by atoms with van der Waals surface area (Å²) in [5.41, 5.74) is 6.20. The molecule has 1 heterocycles. The average molecular weight is 333 g/mol. The van der Waals surface area contributed by atoms with Crippen LogP contribution in [-0.2, 0) is 6.42 Å². The Hall–Kier alpha value is -2.88. The van der Waals surface area contributed by atoms with Crippen LogP contribution in [-0.4, -0.2) is 22.2 Å². The number of carbonyl (C=O) groups excluding carboxylic acids is 1. The van der Waals surface area contributed by atoms with Gasteiger partial charge in [0, 0.05) is 6.54 Å². The second-order valence-corrected chi connectivity index (χ2v) is 6.33. The van der Waals surface area contributed by atoms with E-state index in [4.69, 9.17) is 0 Å². The molecule has 1 N–H and O–H groups in total. The van der Waals surface area contributed by atoms with Crippen LogP contribution in [0.25, 0.3) is 5.69 Å². The molecule has 0 saturated carbocycles. The Bertz CT molecular complexity index is 881. The van der Waals surface area contributed by atoms with Gasteiger partial charge < -0.3 is 5.32 Å². The maximum atomic E-state index is 12.5. The van der Waals surface area contributed by atoms with Crippen molar-refractivity contribution in [1.29, 1.82) is 0 Å². The molecule has 0 aliphatic carbocycles. The zero-order valence-corrected chi connectivity index (χ0v) is 14.9. The van der Waals surface area contributed by atoms with Gasteiger partial charge in [0.15, 0.2) is 0 Å². The summed E-state index contributed by atoms with van der Waals surface area (Å²) >= 11 is 0. The molecule has 0 aliphatic rings. The first-order chi connectivity index (χ1) is 12.1. The summed E-state index contributed by atoms with van der Waals surface area (Å²) in [6.45, 7) is 6.72. The van der Waals surface area contributed by atoms with Crippen LogP contribution < -0.4 is 5.32 Å². The first-order valence-corrected chi connectivity index (χ1v) is 8.50. The van der Waals surface area contributed by atoms with Gasteiger partial charge >= 0.3 is 0 Å². The first kappa shape index (κ1) is 17.0. The highest BCUT2D eigenvalue weighted by Gasteiger charge is 2.14. The van der Waals surface area contributed by atoms with Crippen LogP contribution in [0, 0.1) is 20.8 Å². The number of amides is 1. The number of nitrogens with zero attached hydrogens (tertiary/aromatic N) is 2. The Morgan fingerprint density at radius 3 is 2.56 bits per heavy atom. The van der Waals surface area contributed by atoms with E-state index in [0.717, 1.165) is 17.8 Å². The molecule has 25 heavy (non-hydrogen) atoms. The third kappa shape index (κ3) is 3.79. The van der Waals surface area contributed by atoms with E-state index in [1.807, 2.05) is 37.3 Å². The molecular formula is C21H23N3O. The van der Waals surface area contributed by atoms with Crippen LogP contribution >= 0.6 is 0 Å². The Morgan fingerprint density at radius 2 is 1.84 bits per heavy atom. The van der Waals surface area contributed by atoms with Crippen LogP contribution in [0.2, 0.25) is 0 Å². The van der Waals surface area contributed by atoms with Crippen LogP contribution in [0.5, 0.6) is 0 Å². The standard InChI is InChI=1S/C21H23N3O/c1-15-9-10-18(16(2)13-15)11-12-22-21(25)20-14-23-24(17(20)3)19-7-5-4-6-8-19/h4-10,13-14H,11-12H2,1-3H3,(H,22,25). The fourth-order valence-corrected chi connectivity index (χ4v) is 2.99. The number of benzene rings is 2. The summed E-state index contributed by atoms with van der Waals surface area (Å²) < 4.78 is 1.79. The minimum absolute atomic E-state index is 0.0792. The first-order valence-electron chi connectivity index (χ1n) is 8.50. The molecular weight excluding hydrogens is 310 g/mol. The number of hydrogen-bond donors (Lipinski definition) is 1. The van der Waals surface area contributed by atoms with Gasteiger partial charge in [-0.15, -0.1) is 0 Å². The number of aromatic nitrogens is 2. The highest BCUT2D eigenvalue weighted by atomic mass is 16.1. The van der Waals surface area contributed by atoms with Crippen LogP contribution in [0.3, 0.4) is 0 Å². The third-order valence-corrected chi connectivity index (χ3v) is 4.43. The number of hydrogen-bond acceptors (Lipinski definition) is 2. The summed E-state index contributed by atoms with van der Waals surface area (Å²) in [4.78, 5) is 12.5. The molecule has 3 aromatic rings. The zero-order chi connectivity index (χ0) is 17.8. The lowest BCUT2D eigenvalue weighted by molar-refractivity contribution is 0.0953. The van der Waals surface area contributed by atoms with E-state index in [2.05, 4.69) is 42.5 Å². The number of nitrogens with one attached hydrogen (secondary N) is 1. The molecule has 128 valence electrons. The Morgan fingerprint density at radius 1 is 1.08 bits per heavy atom. The molecule has 0 spiro atoms. The normalized spacial score (nSPS) is 10.7. The largest absolute Gasteiger partial charge is 0.352 e. The van der Waals surface area contributed by atoms with Gasteiger partial charge in [-0.1, -0.05) is 42.0 Å². The summed E-state index contributed by atoms with van der Waals surface area (Å²) in [5, 5.41) is 7.36. The van der Waals surface area contributed by atoms with Crippen molar-refractivity contribution in [3.8, 4) is 5.69 Å². The van der Waals surface area contributed by atoms with Crippen LogP contribution in [0.15, 0.2) is 54.7 Å². The molecule has 4 nitrogen and oxygen atoms in total. The molecule has 1 amide bonds. The summed E-state index contributed by atoms with van der Waals surface area (Å²) in [7, 11) is 0. The van der Waals surface area contributed by atoms with Crippen molar-refractivity contribution < 1.29 is 4.79 Å². The molecule has 4 heteroatoms. The lowest BCUT2D eigenvalue weighted by Gasteiger charge is -2.09. The Balaban J connectivity index is 1.65. The van der Waals surface area contributed by atoms with E-state index >= 15 is 0 Å². The molecule has 0 unspecified atom stereocenters. The van der Waals surface area contributed by atoms with E-state index in [-0.39, 0.29) is 5.91 Å². The number of carbonyl (C=O) groups is 1. The van der Waals surface area contributed by atoms with E-state index < -0.39 is 0 Å². The zero-order valence-electron chi connectivity index (χ0n) is 14.9. The highest BCUT2D eigenvalue weighted by molar-refractivity contribution is 5.95. The van der Waals surface area contributed by atoms with E-state index in [0.29, 0.717) is 12.1 Å². The molecule has 0 fully saturated rings. The average Bonchev–Trinajstić information content (AvgIpc) is 2.99. The molecule has 0 saturated heterocycles. The highest BCUT2D eigenvalue weighted by Crippen LogP contribution is 2.14. The van der Waals surface area contributed by atoms with Crippen molar-refractivity contribution in [3.63, 3.8) is 0 Å². The van der Waals surface area contributed by atoms with E-state index in [9.17, 15) is 4.79 Å². The lowest BCUT2D eigenvalue weighted by atomic mass is 10.0. The molecule has 0 aliphatic heterocycles. The van der Waals surface area contributed by atoms with Gasteiger partial charge in [-0.2, -0.15) is 5.10 Å². The van der Waals surface area contributed by atoms with E-state index in [1.165, 1.54) is 16.7 Å². The predicted octanol–water partition coefficient (Wildman–Crippen LogP) is 3.77. The SMILES string of the molecule is Cc1ccc(CCNC(=O)c2cnn(-c3ccccc3)c2C)c(C)c1. The molecule has 2 aromatic carbocycles. The van der Waals surface area contributed by atoms with Gasteiger partial charge in [0.1, 0.15) is 0 Å². The monoisotopic (exact) mass is 333 g/mol. The topological polar surface area (TPSA) is 46.9 Å². The maximum absolute atomic E-state index is 12.5. The van der Waals surface area contributed by atoms with Gasteiger partial charge in [-0.05, 0) is 50.5 Å². The van der Waals surface area contributed by atoms with Crippen molar-refractivity contribution in [2.24, 2.45) is 0 Å². The van der Waals surface area contributed by atoms with Crippen LogP contribution in [0.4, 0.5) is 0 Å². The lowest BCUT2D eigenvalue weighted by Crippen LogP contribution is -2.26. The number of aryl methyl sites for hydroxylation is 2. The fraction of sp³-hybridized carbons (Fsp3) is 0.238. The molecule has 1 aromatic heterocycles. The minimum atomic E-state index is -0.0792. The van der Waals surface area contributed by atoms with Gasteiger partial charge in [-0.25, -0.2) is 4.68 Å². The van der Waals surface area contributed by atoms with Crippen molar-refractivity contribution in [2.45, 2.75) is 27.2 Å². The van der Waals surface area contributed by atoms with Crippen molar-refractivity contribution >= 4 is 5.91 Å². The summed E-state index contributed by atoms with van der Waals surface area (Å²) in [5.74, 6) is -0.0792. The molecule has 0 atom stereocenters.